The summed E-state index contributed by atoms with van der Waals surface area (Å²) in [4.78, 5) is 22.9. The van der Waals surface area contributed by atoms with Crippen molar-refractivity contribution < 1.29 is 9.72 Å². The van der Waals surface area contributed by atoms with Gasteiger partial charge < -0.3 is 9.88 Å². The molecule has 1 atom stereocenters. The number of nitro benzene ring substituents is 1. The lowest BCUT2D eigenvalue weighted by atomic mass is 10.2. The van der Waals surface area contributed by atoms with E-state index in [1.807, 2.05) is 35.8 Å². The largest absolute Gasteiger partial charge is 0.378 e. The minimum Gasteiger partial charge on any atom is -0.378 e. The standard InChI is InChI=1S/C23H25N7O3S/c1-4-12-29-21(15-24-19-10-8-16(2)9-11-19)26-28-23(29)34-17(3)22(31)27-25-14-18-6-5-7-20(13-18)30(32)33/h4-11,13-14,17,24H,1,12,15H2,2-3H3,(H,27,31)/b25-14-/t17-/m1/s1. The second-order valence-electron chi connectivity index (χ2n) is 7.36. The van der Waals surface area contributed by atoms with E-state index in [4.69, 9.17) is 0 Å². The van der Waals surface area contributed by atoms with Gasteiger partial charge in [-0.3, -0.25) is 14.9 Å². The van der Waals surface area contributed by atoms with Gasteiger partial charge in [-0.15, -0.1) is 16.8 Å². The van der Waals surface area contributed by atoms with Crippen LogP contribution in [0.2, 0.25) is 0 Å². The smallest absolute Gasteiger partial charge is 0.270 e. The number of nitrogens with one attached hydrogen (secondary N) is 2. The molecule has 1 aromatic heterocycles. The molecular formula is C23H25N7O3S. The van der Waals surface area contributed by atoms with Crippen LogP contribution in [0.25, 0.3) is 0 Å². The summed E-state index contributed by atoms with van der Waals surface area (Å²) in [7, 11) is 0. The first kappa shape index (κ1) is 24.6. The molecule has 3 rings (SSSR count). The van der Waals surface area contributed by atoms with Crippen molar-refractivity contribution in [2.24, 2.45) is 5.10 Å². The van der Waals surface area contributed by atoms with Crippen molar-refractivity contribution in [3.63, 3.8) is 0 Å². The lowest BCUT2D eigenvalue weighted by molar-refractivity contribution is -0.384. The maximum absolute atomic E-state index is 12.5. The van der Waals surface area contributed by atoms with Crippen LogP contribution in [-0.2, 0) is 17.9 Å². The van der Waals surface area contributed by atoms with Gasteiger partial charge in [0.15, 0.2) is 11.0 Å². The number of nitrogens with zero attached hydrogens (tertiary/aromatic N) is 5. The van der Waals surface area contributed by atoms with Crippen molar-refractivity contribution in [3.8, 4) is 0 Å². The Morgan fingerprint density at radius 1 is 1.29 bits per heavy atom. The molecule has 176 valence electrons. The first-order valence-corrected chi connectivity index (χ1v) is 11.3. The van der Waals surface area contributed by atoms with E-state index in [9.17, 15) is 14.9 Å². The quantitative estimate of drug-likeness (QED) is 0.140. The summed E-state index contributed by atoms with van der Waals surface area (Å²) >= 11 is 1.25. The lowest BCUT2D eigenvalue weighted by Gasteiger charge is -2.12. The van der Waals surface area contributed by atoms with Gasteiger partial charge in [0, 0.05) is 29.9 Å². The second-order valence-corrected chi connectivity index (χ2v) is 8.67. The Morgan fingerprint density at radius 2 is 2.06 bits per heavy atom. The maximum atomic E-state index is 12.5. The van der Waals surface area contributed by atoms with Crippen molar-refractivity contribution >= 4 is 35.3 Å². The third kappa shape index (κ3) is 6.75. The highest BCUT2D eigenvalue weighted by molar-refractivity contribution is 8.00. The molecular weight excluding hydrogens is 454 g/mol. The molecule has 0 saturated carbocycles. The number of aromatic nitrogens is 3. The molecule has 0 aliphatic carbocycles. The van der Waals surface area contributed by atoms with Crippen molar-refractivity contribution in [2.75, 3.05) is 5.32 Å². The van der Waals surface area contributed by atoms with Gasteiger partial charge in [-0.2, -0.15) is 5.10 Å². The number of allylic oxidation sites excluding steroid dienone is 1. The molecule has 34 heavy (non-hydrogen) atoms. The SMILES string of the molecule is C=CCn1c(CNc2ccc(C)cc2)nnc1S[C@H](C)C(=O)N/N=C\c1cccc([N+](=O)[O-])c1. The van der Waals surface area contributed by atoms with Crippen molar-refractivity contribution in [2.45, 2.75) is 37.3 Å². The summed E-state index contributed by atoms with van der Waals surface area (Å²) in [5.41, 5.74) is 5.07. The Labute approximate surface area is 201 Å². The Kier molecular flexibility index (Phi) is 8.52. The van der Waals surface area contributed by atoms with Gasteiger partial charge in [-0.05, 0) is 26.0 Å². The fraction of sp³-hybridized carbons (Fsp3) is 0.217. The number of carbonyl (C=O) groups is 1. The van der Waals surface area contributed by atoms with Gasteiger partial charge in [-0.1, -0.05) is 47.7 Å². The molecule has 0 unspecified atom stereocenters. The topological polar surface area (TPSA) is 127 Å². The van der Waals surface area contributed by atoms with Crippen LogP contribution >= 0.6 is 11.8 Å². The van der Waals surface area contributed by atoms with E-state index in [-0.39, 0.29) is 11.6 Å². The van der Waals surface area contributed by atoms with Gasteiger partial charge in [0.2, 0.25) is 0 Å². The molecule has 2 aromatic carbocycles. The number of hydrazone groups is 1. The Hall–Kier alpha value is -3.99. The van der Waals surface area contributed by atoms with Crippen LogP contribution in [0.15, 0.2) is 71.4 Å². The first-order valence-electron chi connectivity index (χ1n) is 10.4. The highest BCUT2D eigenvalue weighted by atomic mass is 32.2. The van der Waals surface area contributed by atoms with Crippen LogP contribution in [0.1, 0.15) is 23.9 Å². The predicted molar refractivity (Wildman–Crippen MR) is 133 cm³/mol. The zero-order valence-corrected chi connectivity index (χ0v) is 19.7. The number of nitro groups is 1. The molecule has 1 amide bonds. The molecule has 11 heteroatoms. The minimum atomic E-state index is -0.507. The van der Waals surface area contributed by atoms with Gasteiger partial charge in [-0.25, -0.2) is 5.43 Å². The molecule has 0 radical (unpaired) electrons. The van der Waals surface area contributed by atoms with E-state index in [0.717, 1.165) is 11.5 Å². The Bertz CT molecular complexity index is 1190. The number of benzene rings is 2. The summed E-state index contributed by atoms with van der Waals surface area (Å²) in [6, 6.07) is 14.0. The average Bonchev–Trinajstić information content (AvgIpc) is 3.20. The van der Waals surface area contributed by atoms with E-state index in [1.165, 1.54) is 35.7 Å². The highest BCUT2D eigenvalue weighted by Gasteiger charge is 2.19. The summed E-state index contributed by atoms with van der Waals surface area (Å²) < 4.78 is 1.90. The number of thioether (sulfide) groups is 1. The van der Waals surface area contributed by atoms with Gasteiger partial charge in [0.25, 0.3) is 11.6 Å². The fourth-order valence-electron chi connectivity index (χ4n) is 2.89. The van der Waals surface area contributed by atoms with E-state index in [0.29, 0.717) is 23.8 Å². The number of amides is 1. The number of rotatable bonds is 11. The monoisotopic (exact) mass is 479 g/mol. The van der Waals surface area contributed by atoms with E-state index < -0.39 is 10.2 Å². The molecule has 3 aromatic rings. The zero-order valence-electron chi connectivity index (χ0n) is 18.8. The van der Waals surface area contributed by atoms with Crippen LogP contribution in [0, 0.1) is 17.0 Å². The molecule has 0 aliphatic rings. The predicted octanol–water partition coefficient (Wildman–Crippen LogP) is 3.92. The van der Waals surface area contributed by atoms with Crippen LogP contribution in [0.5, 0.6) is 0 Å². The maximum Gasteiger partial charge on any atom is 0.270 e. The molecule has 0 saturated heterocycles. The summed E-state index contributed by atoms with van der Waals surface area (Å²) in [6.07, 6.45) is 3.11. The number of hydrogen-bond donors (Lipinski definition) is 2. The van der Waals surface area contributed by atoms with Gasteiger partial charge in [0.05, 0.1) is 22.9 Å². The highest BCUT2D eigenvalue weighted by Crippen LogP contribution is 2.23. The minimum absolute atomic E-state index is 0.0478. The fourth-order valence-corrected chi connectivity index (χ4v) is 3.76. The van der Waals surface area contributed by atoms with Crippen LogP contribution in [0.4, 0.5) is 11.4 Å². The van der Waals surface area contributed by atoms with Crippen LogP contribution < -0.4 is 10.7 Å². The normalized spacial score (nSPS) is 11.8. The molecule has 0 spiro atoms. The van der Waals surface area contributed by atoms with Crippen molar-refractivity contribution in [1.82, 2.24) is 20.2 Å². The molecule has 0 bridgehead atoms. The van der Waals surface area contributed by atoms with E-state index >= 15 is 0 Å². The molecule has 2 N–H and O–H groups in total. The van der Waals surface area contributed by atoms with E-state index in [1.54, 1.807) is 25.1 Å². The number of non-ortho nitro benzene ring substituents is 1. The number of hydrogen-bond acceptors (Lipinski definition) is 8. The number of anilines is 1. The second kappa shape index (κ2) is 11.8. The third-order valence-electron chi connectivity index (χ3n) is 4.73. The molecule has 0 aliphatic heterocycles. The summed E-state index contributed by atoms with van der Waals surface area (Å²) in [5.74, 6) is 0.387. The first-order chi connectivity index (χ1) is 16.4. The van der Waals surface area contributed by atoms with Crippen molar-refractivity contribution in [1.29, 1.82) is 0 Å². The van der Waals surface area contributed by atoms with Gasteiger partial charge >= 0.3 is 0 Å². The third-order valence-corrected chi connectivity index (χ3v) is 5.81. The van der Waals surface area contributed by atoms with Crippen LogP contribution in [-0.4, -0.2) is 37.1 Å². The molecule has 10 nitrogen and oxygen atoms in total. The summed E-state index contributed by atoms with van der Waals surface area (Å²) in [5, 5.41) is 26.7. The average molecular weight is 480 g/mol. The Balaban J connectivity index is 1.60. The molecule has 0 fully saturated rings. The van der Waals surface area contributed by atoms with Crippen LogP contribution in [0.3, 0.4) is 0 Å². The molecule has 1 heterocycles. The number of carbonyl (C=O) groups excluding carboxylic acids is 1. The lowest BCUT2D eigenvalue weighted by Crippen LogP contribution is -2.27. The van der Waals surface area contributed by atoms with Gasteiger partial charge in [0.1, 0.15) is 0 Å². The summed E-state index contributed by atoms with van der Waals surface area (Å²) in [6.45, 7) is 8.54. The zero-order chi connectivity index (χ0) is 24.5. The van der Waals surface area contributed by atoms with Crippen molar-refractivity contribution in [3.05, 3.63) is 88.3 Å². The Morgan fingerprint density at radius 3 is 2.76 bits per heavy atom. The van der Waals surface area contributed by atoms with E-state index in [2.05, 4.69) is 32.6 Å². The number of aryl methyl sites for hydroxylation is 1.